The number of aromatic nitrogens is 3. The molecule has 0 aliphatic carbocycles. The second kappa shape index (κ2) is 7.43. The van der Waals surface area contributed by atoms with Crippen LogP contribution in [0.1, 0.15) is 0 Å². The van der Waals surface area contributed by atoms with E-state index in [0.29, 0.717) is 0 Å². The van der Waals surface area contributed by atoms with Crippen molar-refractivity contribution in [3.63, 3.8) is 0 Å². The maximum absolute atomic E-state index is 5.61. The third-order valence-corrected chi connectivity index (χ3v) is 5.39. The number of para-hydroxylation sites is 1. The summed E-state index contributed by atoms with van der Waals surface area (Å²) in [6, 6.07) is 20.8. The van der Waals surface area contributed by atoms with Crippen LogP contribution < -0.4 is 4.90 Å². The lowest BCUT2D eigenvalue weighted by atomic mass is 10.2. The normalized spacial score (nSPS) is 15.3. The summed E-state index contributed by atoms with van der Waals surface area (Å²) in [6.07, 6.45) is 0. The van der Waals surface area contributed by atoms with Crippen molar-refractivity contribution in [2.45, 2.75) is 6.67 Å². The number of piperazine rings is 1. The molecular formula is C20H23N5S. The van der Waals surface area contributed by atoms with Gasteiger partial charge in [-0.25, -0.2) is 4.68 Å². The summed E-state index contributed by atoms with van der Waals surface area (Å²) in [5, 5.41) is 4.77. The highest BCUT2D eigenvalue weighted by Crippen LogP contribution is 2.18. The summed E-state index contributed by atoms with van der Waals surface area (Å²) in [5.74, 6) is 0.915. The van der Waals surface area contributed by atoms with Gasteiger partial charge in [-0.05, 0) is 24.4 Å². The molecule has 1 aliphatic rings. The molecule has 1 fully saturated rings. The van der Waals surface area contributed by atoms with E-state index in [1.165, 1.54) is 5.69 Å². The third kappa shape index (κ3) is 3.43. The van der Waals surface area contributed by atoms with Crippen LogP contribution >= 0.6 is 12.2 Å². The first kappa shape index (κ1) is 17.0. The molecule has 1 aromatic heterocycles. The Morgan fingerprint density at radius 3 is 2.15 bits per heavy atom. The van der Waals surface area contributed by atoms with Crippen molar-refractivity contribution >= 4 is 17.9 Å². The van der Waals surface area contributed by atoms with Gasteiger partial charge in [0.25, 0.3) is 0 Å². The van der Waals surface area contributed by atoms with Crippen molar-refractivity contribution in [3.05, 3.63) is 65.4 Å². The summed E-state index contributed by atoms with van der Waals surface area (Å²) < 4.78 is 4.69. The fourth-order valence-electron chi connectivity index (χ4n) is 3.39. The first-order valence-electron chi connectivity index (χ1n) is 8.94. The van der Waals surface area contributed by atoms with Crippen LogP contribution in [0.15, 0.2) is 60.7 Å². The Hall–Kier alpha value is -2.44. The second-order valence-electron chi connectivity index (χ2n) is 6.61. The Morgan fingerprint density at radius 2 is 1.50 bits per heavy atom. The minimum absolute atomic E-state index is 0.738. The fourth-order valence-corrected chi connectivity index (χ4v) is 3.58. The van der Waals surface area contributed by atoms with E-state index < -0.39 is 0 Å². The van der Waals surface area contributed by atoms with Crippen LogP contribution in [0, 0.1) is 4.77 Å². The Bertz CT molecular complexity index is 908. The molecule has 6 heteroatoms. The SMILES string of the molecule is Cn1c(-c2ccccc2)nn(CN2CCN(c3ccccc3)CC2)c1=S. The van der Waals surface area contributed by atoms with Crippen LogP contribution in [-0.2, 0) is 13.7 Å². The van der Waals surface area contributed by atoms with E-state index in [1.54, 1.807) is 0 Å². The zero-order valence-electron chi connectivity index (χ0n) is 15.0. The molecule has 0 amide bonds. The molecule has 0 N–H and O–H groups in total. The Kier molecular flexibility index (Phi) is 4.86. The van der Waals surface area contributed by atoms with E-state index in [2.05, 4.69) is 52.3 Å². The highest BCUT2D eigenvalue weighted by atomic mass is 32.1. The van der Waals surface area contributed by atoms with Crippen LogP contribution in [0.2, 0.25) is 0 Å². The number of benzene rings is 2. The molecule has 4 rings (SSSR count). The topological polar surface area (TPSA) is 29.2 Å². The Labute approximate surface area is 159 Å². The number of hydrogen-bond acceptors (Lipinski definition) is 4. The van der Waals surface area contributed by atoms with Gasteiger partial charge in [-0.1, -0.05) is 48.5 Å². The van der Waals surface area contributed by atoms with Crippen LogP contribution in [0.25, 0.3) is 11.4 Å². The maximum atomic E-state index is 5.61. The molecule has 0 radical (unpaired) electrons. The first-order valence-corrected chi connectivity index (χ1v) is 9.35. The average Bonchev–Trinajstić information content (AvgIpc) is 2.98. The lowest BCUT2D eigenvalue weighted by Gasteiger charge is -2.35. The van der Waals surface area contributed by atoms with E-state index in [1.807, 2.05) is 34.5 Å². The van der Waals surface area contributed by atoms with E-state index in [-0.39, 0.29) is 0 Å². The van der Waals surface area contributed by atoms with Gasteiger partial charge in [0, 0.05) is 44.5 Å². The fraction of sp³-hybridized carbons (Fsp3) is 0.300. The van der Waals surface area contributed by atoms with Gasteiger partial charge in [0.1, 0.15) is 0 Å². The summed E-state index contributed by atoms with van der Waals surface area (Å²) in [6.45, 7) is 4.80. The van der Waals surface area contributed by atoms with E-state index >= 15 is 0 Å². The molecule has 0 saturated carbocycles. The van der Waals surface area contributed by atoms with Gasteiger partial charge < -0.3 is 9.47 Å². The average molecular weight is 366 g/mol. The zero-order chi connectivity index (χ0) is 17.9. The largest absolute Gasteiger partial charge is 0.369 e. The molecule has 2 aromatic carbocycles. The van der Waals surface area contributed by atoms with Crippen molar-refractivity contribution in [1.29, 1.82) is 0 Å². The number of hydrogen-bond donors (Lipinski definition) is 0. The molecule has 0 bridgehead atoms. The smallest absolute Gasteiger partial charge is 0.199 e. The minimum atomic E-state index is 0.738. The molecule has 1 aliphatic heterocycles. The lowest BCUT2D eigenvalue weighted by Crippen LogP contribution is -2.47. The summed E-state index contributed by atoms with van der Waals surface area (Å²) in [7, 11) is 1.99. The van der Waals surface area contributed by atoms with Gasteiger partial charge in [-0.3, -0.25) is 4.90 Å². The zero-order valence-corrected chi connectivity index (χ0v) is 15.8. The monoisotopic (exact) mass is 365 g/mol. The summed E-state index contributed by atoms with van der Waals surface area (Å²) >= 11 is 5.61. The minimum Gasteiger partial charge on any atom is -0.369 e. The first-order chi connectivity index (χ1) is 12.7. The van der Waals surface area contributed by atoms with Gasteiger partial charge >= 0.3 is 0 Å². The van der Waals surface area contributed by atoms with Crippen LogP contribution in [0.3, 0.4) is 0 Å². The van der Waals surface area contributed by atoms with E-state index in [0.717, 1.165) is 49.0 Å². The van der Waals surface area contributed by atoms with Crippen molar-refractivity contribution in [2.24, 2.45) is 7.05 Å². The van der Waals surface area contributed by atoms with Crippen molar-refractivity contribution in [2.75, 3.05) is 31.1 Å². The molecule has 26 heavy (non-hydrogen) atoms. The Morgan fingerprint density at radius 1 is 0.885 bits per heavy atom. The predicted molar refractivity (Wildman–Crippen MR) is 108 cm³/mol. The van der Waals surface area contributed by atoms with Gasteiger partial charge in [0.15, 0.2) is 10.6 Å². The molecular weight excluding hydrogens is 342 g/mol. The molecule has 3 aromatic rings. The van der Waals surface area contributed by atoms with E-state index in [9.17, 15) is 0 Å². The quantitative estimate of drug-likeness (QED) is 0.663. The van der Waals surface area contributed by atoms with Crippen molar-refractivity contribution in [3.8, 4) is 11.4 Å². The molecule has 0 atom stereocenters. The third-order valence-electron chi connectivity index (χ3n) is 4.90. The van der Waals surface area contributed by atoms with Crippen molar-refractivity contribution in [1.82, 2.24) is 19.2 Å². The van der Waals surface area contributed by atoms with Gasteiger partial charge in [-0.15, -0.1) is 0 Å². The van der Waals surface area contributed by atoms with Crippen molar-refractivity contribution < 1.29 is 0 Å². The highest BCUT2D eigenvalue weighted by molar-refractivity contribution is 7.71. The van der Waals surface area contributed by atoms with Crippen LogP contribution in [0.5, 0.6) is 0 Å². The molecule has 5 nitrogen and oxygen atoms in total. The molecule has 1 saturated heterocycles. The van der Waals surface area contributed by atoms with E-state index in [4.69, 9.17) is 17.3 Å². The molecule has 0 spiro atoms. The standard InChI is InChI=1S/C20H23N5S/c1-22-19(17-8-4-2-5-9-17)21-25(20(22)26)16-23-12-14-24(15-13-23)18-10-6-3-7-11-18/h2-11H,12-16H2,1H3. The van der Waals surface area contributed by atoms with Gasteiger partial charge in [0.2, 0.25) is 0 Å². The molecule has 0 unspecified atom stereocenters. The lowest BCUT2D eigenvalue weighted by molar-refractivity contribution is 0.194. The number of anilines is 1. The molecule has 2 heterocycles. The number of nitrogens with zero attached hydrogens (tertiary/aromatic N) is 5. The maximum Gasteiger partial charge on any atom is 0.199 e. The van der Waals surface area contributed by atoms with Crippen LogP contribution in [0.4, 0.5) is 5.69 Å². The van der Waals surface area contributed by atoms with Gasteiger partial charge in [0.05, 0.1) is 6.67 Å². The second-order valence-corrected chi connectivity index (χ2v) is 6.98. The number of rotatable bonds is 4. The predicted octanol–water partition coefficient (Wildman–Crippen LogP) is 3.40. The summed E-state index contributed by atoms with van der Waals surface area (Å²) in [5.41, 5.74) is 2.39. The van der Waals surface area contributed by atoms with Gasteiger partial charge in [-0.2, -0.15) is 5.10 Å². The highest BCUT2D eigenvalue weighted by Gasteiger charge is 2.19. The Balaban J connectivity index is 1.45. The molecule has 134 valence electrons. The van der Waals surface area contributed by atoms with Crippen LogP contribution in [-0.4, -0.2) is 45.4 Å². The summed E-state index contributed by atoms with van der Waals surface area (Å²) in [4.78, 5) is 4.85.